The van der Waals surface area contributed by atoms with Gasteiger partial charge in [0.25, 0.3) is 0 Å². The Kier molecular flexibility index (Phi) is 1.33. The standard InChI is InChI=1S/C11H17NO/c1-6(13)9-5-11(12)3-2-7(9)8-4-10(8)11/h7-10H,2-5,12H2,1H3. The third kappa shape index (κ3) is 0.899. The number of hydrogen-bond acceptors (Lipinski definition) is 2. The lowest BCUT2D eigenvalue weighted by Crippen LogP contribution is -2.55. The van der Waals surface area contributed by atoms with Crippen LogP contribution in [0.2, 0.25) is 0 Å². The lowest BCUT2D eigenvalue weighted by atomic mass is 9.60. The Labute approximate surface area is 78.9 Å². The first-order chi connectivity index (χ1) is 6.12. The van der Waals surface area contributed by atoms with Crippen molar-refractivity contribution in [3.05, 3.63) is 0 Å². The number of rotatable bonds is 1. The smallest absolute Gasteiger partial charge is 0.133 e. The van der Waals surface area contributed by atoms with Gasteiger partial charge in [0.1, 0.15) is 5.78 Å². The van der Waals surface area contributed by atoms with Crippen LogP contribution in [0.25, 0.3) is 0 Å². The zero-order valence-electron chi connectivity index (χ0n) is 8.12. The van der Waals surface area contributed by atoms with E-state index in [9.17, 15) is 4.79 Å². The molecule has 0 saturated heterocycles. The molecule has 4 saturated carbocycles. The maximum atomic E-state index is 11.4. The van der Waals surface area contributed by atoms with Crippen LogP contribution in [0, 0.1) is 23.7 Å². The van der Waals surface area contributed by atoms with Crippen molar-refractivity contribution in [1.29, 1.82) is 0 Å². The summed E-state index contributed by atoms with van der Waals surface area (Å²) in [5.74, 6) is 2.99. The number of hydrogen-bond donors (Lipinski definition) is 1. The molecular formula is C11H17NO. The van der Waals surface area contributed by atoms with Crippen LogP contribution in [-0.4, -0.2) is 11.3 Å². The number of carbonyl (C=O) groups excluding carboxylic acids is 1. The molecule has 0 aliphatic heterocycles. The Balaban J connectivity index is 1.93. The van der Waals surface area contributed by atoms with Crippen LogP contribution in [0.4, 0.5) is 0 Å². The topological polar surface area (TPSA) is 43.1 Å². The van der Waals surface area contributed by atoms with Crippen molar-refractivity contribution in [2.75, 3.05) is 0 Å². The van der Waals surface area contributed by atoms with Crippen LogP contribution in [0.5, 0.6) is 0 Å². The second-order valence-corrected chi connectivity index (χ2v) is 5.36. The summed E-state index contributed by atoms with van der Waals surface area (Å²) in [5.41, 5.74) is 6.41. The van der Waals surface area contributed by atoms with Crippen molar-refractivity contribution in [2.45, 2.75) is 38.1 Å². The highest BCUT2D eigenvalue weighted by Gasteiger charge is 2.63. The lowest BCUT2D eigenvalue weighted by molar-refractivity contribution is -0.126. The highest BCUT2D eigenvalue weighted by atomic mass is 16.1. The lowest BCUT2D eigenvalue weighted by Gasteiger charge is -2.47. The SMILES string of the molecule is CC(=O)C1CC2(N)CCC1C1CC12. The van der Waals surface area contributed by atoms with Crippen LogP contribution < -0.4 is 5.73 Å². The van der Waals surface area contributed by atoms with Crippen LogP contribution >= 0.6 is 0 Å². The molecule has 2 bridgehead atoms. The van der Waals surface area contributed by atoms with Crippen molar-refractivity contribution in [3.8, 4) is 0 Å². The van der Waals surface area contributed by atoms with E-state index in [1.165, 1.54) is 19.3 Å². The number of Topliss-reactive ketones (excluding diaryl/α,β-unsaturated/α-hetero) is 1. The first-order valence-corrected chi connectivity index (χ1v) is 5.41. The molecule has 0 radical (unpaired) electrons. The van der Waals surface area contributed by atoms with Gasteiger partial charge in [0.05, 0.1) is 0 Å². The first kappa shape index (κ1) is 7.98. The molecule has 2 nitrogen and oxygen atoms in total. The monoisotopic (exact) mass is 179 g/mol. The van der Waals surface area contributed by atoms with Gasteiger partial charge in [-0.2, -0.15) is 0 Å². The maximum absolute atomic E-state index is 11.4. The molecule has 0 aromatic rings. The Hall–Kier alpha value is -0.370. The van der Waals surface area contributed by atoms with Gasteiger partial charge in [0.2, 0.25) is 0 Å². The Morgan fingerprint density at radius 3 is 2.85 bits per heavy atom. The molecule has 13 heavy (non-hydrogen) atoms. The predicted octanol–water partition coefficient (Wildman–Crippen LogP) is 1.34. The zero-order valence-corrected chi connectivity index (χ0v) is 8.12. The summed E-state index contributed by atoms with van der Waals surface area (Å²) in [7, 11) is 0. The average molecular weight is 179 g/mol. The summed E-state index contributed by atoms with van der Waals surface area (Å²) < 4.78 is 0. The van der Waals surface area contributed by atoms with Crippen molar-refractivity contribution >= 4 is 5.78 Å². The Morgan fingerprint density at radius 2 is 2.23 bits per heavy atom. The molecule has 4 aliphatic carbocycles. The minimum absolute atomic E-state index is 0.0513. The van der Waals surface area contributed by atoms with Gasteiger partial charge in [-0.25, -0.2) is 0 Å². The molecule has 72 valence electrons. The quantitative estimate of drug-likeness (QED) is 0.660. The van der Waals surface area contributed by atoms with Gasteiger partial charge < -0.3 is 5.73 Å². The summed E-state index contributed by atoms with van der Waals surface area (Å²) in [6.45, 7) is 1.74. The zero-order chi connectivity index (χ0) is 9.22. The van der Waals surface area contributed by atoms with E-state index < -0.39 is 0 Å². The second kappa shape index (κ2) is 2.17. The van der Waals surface area contributed by atoms with Gasteiger partial charge in [-0.1, -0.05) is 0 Å². The maximum Gasteiger partial charge on any atom is 0.133 e. The normalized spacial score (nSPS) is 57.4. The summed E-state index contributed by atoms with van der Waals surface area (Å²) >= 11 is 0. The van der Waals surface area contributed by atoms with E-state index in [4.69, 9.17) is 5.73 Å². The largest absolute Gasteiger partial charge is 0.325 e. The molecule has 2 heteroatoms. The van der Waals surface area contributed by atoms with Crippen molar-refractivity contribution < 1.29 is 4.79 Å². The van der Waals surface area contributed by atoms with E-state index in [0.717, 1.165) is 18.3 Å². The molecule has 0 heterocycles. The van der Waals surface area contributed by atoms with Crippen molar-refractivity contribution in [1.82, 2.24) is 0 Å². The van der Waals surface area contributed by atoms with E-state index in [1.54, 1.807) is 6.92 Å². The number of nitrogens with two attached hydrogens (primary N) is 1. The first-order valence-electron chi connectivity index (χ1n) is 5.41. The molecule has 4 aliphatic rings. The van der Waals surface area contributed by atoms with E-state index in [0.29, 0.717) is 17.6 Å². The molecule has 0 aromatic carbocycles. The molecule has 2 N–H and O–H groups in total. The van der Waals surface area contributed by atoms with E-state index >= 15 is 0 Å². The van der Waals surface area contributed by atoms with Gasteiger partial charge >= 0.3 is 0 Å². The van der Waals surface area contributed by atoms with Crippen molar-refractivity contribution in [3.63, 3.8) is 0 Å². The highest BCUT2D eigenvalue weighted by Crippen LogP contribution is 2.65. The molecule has 0 amide bonds. The molecule has 0 aromatic heterocycles. The molecule has 0 spiro atoms. The van der Waals surface area contributed by atoms with Gasteiger partial charge in [0, 0.05) is 11.5 Å². The minimum Gasteiger partial charge on any atom is -0.325 e. The fourth-order valence-corrected chi connectivity index (χ4v) is 3.94. The van der Waals surface area contributed by atoms with Crippen LogP contribution in [0.1, 0.15) is 32.6 Å². The van der Waals surface area contributed by atoms with Gasteiger partial charge in [0.15, 0.2) is 0 Å². The molecule has 5 atom stereocenters. The third-order valence-electron chi connectivity index (χ3n) is 4.71. The molecule has 4 rings (SSSR count). The summed E-state index contributed by atoms with van der Waals surface area (Å²) in [4.78, 5) is 11.4. The summed E-state index contributed by atoms with van der Waals surface area (Å²) in [5, 5.41) is 0. The molecule has 5 unspecified atom stereocenters. The van der Waals surface area contributed by atoms with Crippen molar-refractivity contribution in [2.24, 2.45) is 29.4 Å². The van der Waals surface area contributed by atoms with E-state index in [1.807, 2.05) is 0 Å². The van der Waals surface area contributed by atoms with E-state index in [-0.39, 0.29) is 5.54 Å². The second-order valence-electron chi connectivity index (χ2n) is 5.36. The summed E-state index contributed by atoms with van der Waals surface area (Å²) in [6, 6.07) is 0. The number of carbonyl (C=O) groups is 1. The molecule has 4 fully saturated rings. The number of ketones is 1. The number of fused-ring (bicyclic) bond motifs is 2. The summed E-state index contributed by atoms with van der Waals surface area (Å²) in [6.07, 6.45) is 4.67. The fraction of sp³-hybridized carbons (Fsp3) is 0.909. The van der Waals surface area contributed by atoms with Crippen LogP contribution in [-0.2, 0) is 4.79 Å². The van der Waals surface area contributed by atoms with E-state index in [2.05, 4.69) is 0 Å². The predicted molar refractivity (Wildman–Crippen MR) is 50.0 cm³/mol. The minimum atomic E-state index is 0.0513. The van der Waals surface area contributed by atoms with Gasteiger partial charge in [-0.05, 0) is 50.4 Å². The Bertz CT molecular complexity index is 275. The van der Waals surface area contributed by atoms with Crippen LogP contribution in [0.15, 0.2) is 0 Å². The fourth-order valence-electron chi connectivity index (χ4n) is 3.94. The third-order valence-corrected chi connectivity index (χ3v) is 4.71. The average Bonchev–Trinajstić information content (AvgIpc) is 2.84. The molecular weight excluding hydrogens is 162 g/mol. The highest BCUT2D eigenvalue weighted by molar-refractivity contribution is 5.79. The Morgan fingerprint density at radius 1 is 1.46 bits per heavy atom. The van der Waals surface area contributed by atoms with Gasteiger partial charge in [-0.15, -0.1) is 0 Å². The van der Waals surface area contributed by atoms with Crippen LogP contribution in [0.3, 0.4) is 0 Å². The van der Waals surface area contributed by atoms with Gasteiger partial charge in [-0.3, -0.25) is 4.79 Å².